The molecule has 2 nitrogen and oxygen atoms in total. The fraction of sp³-hybridized carbons (Fsp3) is 0.600. The Bertz CT molecular complexity index is 423. The summed E-state index contributed by atoms with van der Waals surface area (Å²) < 4.78 is 19.7. The predicted molar refractivity (Wildman–Crippen MR) is 78.8 cm³/mol. The van der Waals surface area contributed by atoms with Gasteiger partial charge in [-0.3, -0.25) is 0 Å². The molecule has 0 radical (unpaired) electrons. The van der Waals surface area contributed by atoms with E-state index >= 15 is 0 Å². The maximum atomic E-state index is 13.2. The molecule has 0 spiro atoms. The Morgan fingerprint density at radius 3 is 2.74 bits per heavy atom. The summed E-state index contributed by atoms with van der Waals surface area (Å²) in [4.78, 5) is 0. The molecule has 0 heterocycles. The van der Waals surface area contributed by atoms with Gasteiger partial charge in [0, 0.05) is 12.6 Å². The third-order valence-electron chi connectivity index (χ3n) is 3.65. The molecule has 2 unspecified atom stereocenters. The lowest BCUT2D eigenvalue weighted by Gasteiger charge is -2.27. The normalized spacial score (nSPS) is 18.3. The molecule has 1 N–H and O–H groups in total. The zero-order valence-electron chi connectivity index (χ0n) is 11.5. The molecule has 1 aromatic carbocycles. The van der Waals surface area contributed by atoms with Crippen LogP contribution in [0, 0.1) is 11.7 Å². The van der Waals surface area contributed by atoms with Gasteiger partial charge in [0.2, 0.25) is 0 Å². The predicted octanol–water partition coefficient (Wildman–Crippen LogP) is 3.53. The molecule has 0 aromatic heterocycles. The molecular weight excluding hydrogens is 309 g/mol. The van der Waals surface area contributed by atoms with Crippen molar-refractivity contribution in [1.29, 1.82) is 0 Å². The van der Waals surface area contributed by atoms with E-state index in [0.717, 1.165) is 18.6 Å². The molecule has 0 aliphatic heterocycles. The fourth-order valence-electron chi connectivity index (χ4n) is 2.50. The quantitative estimate of drug-likeness (QED) is 0.826. The summed E-state index contributed by atoms with van der Waals surface area (Å²) in [6, 6.07) is 5.50. The number of ether oxygens (including phenoxy) is 1. The Kier molecular flexibility index (Phi) is 5.37. The first-order valence-electron chi connectivity index (χ1n) is 6.88. The second-order valence-corrected chi connectivity index (χ2v) is 5.96. The summed E-state index contributed by atoms with van der Waals surface area (Å²) in [7, 11) is 1.97. The maximum absolute atomic E-state index is 13.2. The number of likely N-dealkylation sites (N-methyl/N-ethyl adjacent to an activating group) is 1. The van der Waals surface area contributed by atoms with Gasteiger partial charge in [-0.1, -0.05) is 6.07 Å². The molecule has 1 aliphatic rings. The lowest BCUT2D eigenvalue weighted by atomic mass is 9.98. The van der Waals surface area contributed by atoms with Gasteiger partial charge in [0.1, 0.15) is 5.82 Å². The summed E-state index contributed by atoms with van der Waals surface area (Å²) in [6.45, 7) is 2.78. The summed E-state index contributed by atoms with van der Waals surface area (Å²) in [5.74, 6) is 0.467. The number of benzene rings is 1. The third-order valence-corrected chi connectivity index (χ3v) is 4.26. The largest absolute Gasteiger partial charge is 0.377 e. The van der Waals surface area contributed by atoms with Gasteiger partial charge in [0.05, 0.1) is 10.6 Å². The summed E-state index contributed by atoms with van der Waals surface area (Å²) in [5, 5.41) is 3.36. The third kappa shape index (κ3) is 4.01. The van der Waals surface area contributed by atoms with Gasteiger partial charge < -0.3 is 10.1 Å². The van der Waals surface area contributed by atoms with Crippen LogP contribution in [0.3, 0.4) is 0 Å². The van der Waals surface area contributed by atoms with Gasteiger partial charge in [-0.25, -0.2) is 4.39 Å². The number of rotatable bonds is 7. The maximum Gasteiger partial charge on any atom is 0.137 e. The highest BCUT2D eigenvalue weighted by molar-refractivity contribution is 9.10. The van der Waals surface area contributed by atoms with Gasteiger partial charge >= 0.3 is 0 Å². The van der Waals surface area contributed by atoms with Gasteiger partial charge in [-0.2, -0.15) is 0 Å². The van der Waals surface area contributed by atoms with Crippen LogP contribution in [0.1, 0.15) is 25.3 Å². The number of hydrogen-bond donors (Lipinski definition) is 1. The van der Waals surface area contributed by atoms with Crippen molar-refractivity contribution < 1.29 is 9.13 Å². The van der Waals surface area contributed by atoms with Crippen molar-refractivity contribution >= 4 is 15.9 Å². The molecule has 19 heavy (non-hydrogen) atoms. The van der Waals surface area contributed by atoms with Crippen molar-refractivity contribution in [1.82, 2.24) is 5.32 Å². The van der Waals surface area contributed by atoms with Crippen LogP contribution in [-0.2, 0) is 11.2 Å². The van der Waals surface area contributed by atoms with E-state index in [2.05, 4.69) is 21.2 Å². The van der Waals surface area contributed by atoms with Crippen molar-refractivity contribution in [3.63, 3.8) is 0 Å². The van der Waals surface area contributed by atoms with Crippen LogP contribution in [0.4, 0.5) is 4.39 Å². The van der Waals surface area contributed by atoms with Gasteiger partial charge in [0.25, 0.3) is 0 Å². The minimum Gasteiger partial charge on any atom is -0.377 e. The first-order chi connectivity index (χ1) is 9.15. The molecule has 4 heteroatoms. The highest BCUT2D eigenvalue weighted by Crippen LogP contribution is 2.36. The minimum absolute atomic E-state index is 0.215. The second-order valence-electron chi connectivity index (χ2n) is 5.11. The van der Waals surface area contributed by atoms with E-state index in [9.17, 15) is 4.39 Å². The summed E-state index contributed by atoms with van der Waals surface area (Å²) in [5.41, 5.74) is 1.12. The van der Waals surface area contributed by atoms with Crippen LogP contribution >= 0.6 is 15.9 Å². The van der Waals surface area contributed by atoms with E-state index in [-0.39, 0.29) is 18.0 Å². The zero-order chi connectivity index (χ0) is 13.8. The average molecular weight is 330 g/mol. The molecule has 1 aliphatic carbocycles. The second kappa shape index (κ2) is 6.82. The molecule has 2 rings (SSSR count). The Hall–Kier alpha value is -0.450. The fourth-order valence-corrected chi connectivity index (χ4v) is 2.93. The molecule has 1 fully saturated rings. The first kappa shape index (κ1) is 14.9. The molecule has 106 valence electrons. The highest BCUT2D eigenvalue weighted by atomic mass is 79.9. The number of hydrogen-bond acceptors (Lipinski definition) is 2. The molecule has 1 saturated carbocycles. The van der Waals surface area contributed by atoms with Crippen molar-refractivity contribution in [3.05, 3.63) is 34.1 Å². The van der Waals surface area contributed by atoms with Gasteiger partial charge in [0.15, 0.2) is 0 Å². The average Bonchev–Trinajstić information content (AvgIpc) is 3.22. The Morgan fingerprint density at radius 2 is 2.21 bits per heavy atom. The van der Waals surface area contributed by atoms with E-state index in [1.165, 1.54) is 18.9 Å². The van der Waals surface area contributed by atoms with E-state index in [1.807, 2.05) is 26.1 Å². The molecule has 0 bridgehead atoms. The lowest BCUT2D eigenvalue weighted by Crippen LogP contribution is -2.42. The first-order valence-corrected chi connectivity index (χ1v) is 7.67. The van der Waals surface area contributed by atoms with Crippen LogP contribution in [0.2, 0.25) is 0 Å². The molecule has 1 aromatic rings. The molecular formula is C15H21BrFNO. The number of halogens is 2. The smallest absolute Gasteiger partial charge is 0.137 e. The minimum atomic E-state index is -0.215. The standard InChI is InChI=1S/C15H21BrFNO/c1-3-19-15(11-5-6-11)14(18-2)9-10-4-7-13(17)12(16)8-10/h4,7-8,11,14-15,18H,3,5-6,9H2,1-2H3. The topological polar surface area (TPSA) is 21.3 Å². The Labute approximate surface area is 122 Å². The molecule has 0 amide bonds. The zero-order valence-corrected chi connectivity index (χ0v) is 13.0. The van der Waals surface area contributed by atoms with E-state index in [0.29, 0.717) is 10.4 Å². The summed E-state index contributed by atoms with van der Waals surface area (Å²) in [6.07, 6.45) is 3.64. The van der Waals surface area contributed by atoms with Crippen LogP contribution in [0.15, 0.2) is 22.7 Å². The van der Waals surface area contributed by atoms with Crippen molar-refractivity contribution in [2.45, 2.75) is 38.3 Å². The monoisotopic (exact) mass is 329 g/mol. The van der Waals surface area contributed by atoms with Gasteiger partial charge in [-0.05, 0) is 72.8 Å². The van der Waals surface area contributed by atoms with Crippen LogP contribution < -0.4 is 5.32 Å². The van der Waals surface area contributed by atoms with Crippen molar-refractivity contribution in [2.75, 3.05) is 13.7 Å². The Balaban J connectivity index is 2.06. The molecule has 0 saturated heterocycles. The summed E-state index contributed by atoms with van der Waals surface area (Å²) >= 11 is 3.24. The van der Waals surface area contributed by atoms with E-state index < -0.39 is 0 Å². The SMILES string of the molecule is CCOC(C1CC1)C(Cc1ccc(F)c(Br)c1)NC. The van der Waals surface area contributed by atoms with Crippen LogP contribution in [0.5, 0.6) is 0 Å². The van der Waals surface area contributed by atoms with E-state index in [4.69, 9.17) is 4.74 Å². The Morgan fingerprint density at radius 1 is 1.47 bits per heavy atom. The van der Waals surface area contributed by atoms with Crippen molar-refractivity contribution in [3.8, 4) is 0 Å². The molecule has 2 atom stereocenters. The van der Waals surface area contributed by atoms with Crippen LogP contribution in [0.25, 0.3) is 0 Å². The lowest BCUT2D eigenvalue weighted by molar-refractivity contribution is 0.0211. The van der Waals surface area contributed by atoms with Crippen molar-refractivity contribution in [2.24, 2.45) is 5.92 Å². The van der Waals surface area contributed by atoms with E-state index in [1.54, 1.807) is 0 Å². The van der Waals surface area contributed by atoms with Crippen LogP contribution in [-0.4, -0.2) is 25.8 Å². The number of nitrogens with one attached hydrogen (secondary N) is 1. The highest BCUT2D eigenvalue weighted by Gasteiger charge is 2.36. The van der Waals surface area contributed by atoms with Gasteiger partial charge in [-0.15, -0.1) is 0 Å².